The van der Waals surface area contributed by atoms with Gasteiger partial charge >= 0.3 is 0 Å². The van der Waals surface area contributed by atoms with Gasteiger partial charge in [-0.1, -0.05) is 55.3 Å². The molecule has 2 rings (SSSR count). The first kappa shape index (κ1) is 24.7. The third kappa shape index (κ3) is 8.25. The lowest BCUT2D eigenvalue weighted by Crippen LogP contribution is -2.49. The first-order chi connectivity index (χ1) is 14.9. The van der Waals surface area contributed by atoms with Crippen molar-refractivity contribution >= 4 is 23.4 Å². The van der Waals surface area contributed by atoms with E-state index in [1.165, 1.54) is 0 Å². The highest BCUT2D eigenvalue weighted by molar-refractivity contribution is 6.30. The van der Waals surface area contributed by atoms with E-state index < -0.39 is 6.04 Å². The number of benzene rings is 2. The Morgan fingerprint density at radius 2 is 1.87 bits per heavy atom. The van der Waals surface area contributed by atoms with Crippen molar-refractivity contribution in [3.8, 4) is 5.75 Å². The van der Waals surface area contributed by atoms with Crippen LogP contribution in [-0.2, 0) is 16.1 Å². The van der Waals surface area contributed by atoms with Crippen molar-refractivity contribution in [3.63, 3.8) is 0 Å². The number of nitrogens with zero attached hydrogens (tertiary/aromatic N) is 1. The van der Waals surface area contributed by atoms with Crippen LogP contribution in [-0.4, -0.2) is 35.9 Å². The Kier molecular flexibility index (Phi) is 10.4. The van der Waals surface area contributed by atoms with E-state index in [2.05, 4.69) is 11.4 Å². The normalized spacial score (nSPS) is 11.6. The van der Waals surface area contributed by atoms with Gasteiger partial charge in [-0.3, -0.25) is 9.59 Å². The zero-order valence-corrected chi connectivity index (χ0v) is 19.5. The third-order valence-corrected chi connectivity index (χ3v) is 5.24. The third-order valence-electron chi connectivity index (χ3n) is 4.99. The van der Waals surface area contributed by atoms with Crippen LogP contribution in [0.15, 0.2) is 48.5 Å². The molecular formula is C25H33ClN2O3. The SMILES string of the molecule is CCCNC(=O)[C@@H](CC)N(Cc1cccc(C)c1)C(=O)CCCOc1ccc(Cl)cc1. The van der Waals surface area contributed by atoms with E-state index in [-0.39, 0.29) is 11.8 Å². The molecular weight excluding hydrogens is 412 g/mol. The molecule has 5 nitrogen and oxygen atoms in total. The van der Waals surface area contributed by atoms with E-state index in [1.807, 2.05) is 39.0 Å². The van der Waals surface area contributed by atoms with Gasteiger partial charge in [0, 0.05) is 24.5 Å². The fourth-order valence-electron chi connectivity index (χ4n) is 3.38. The van der Waals surface area contributed by atoms with E-state index in [0.717, 1.165) is 23.3 Å². The smallest absolute Gasteiger partial charge is 0.242 e. The number of ether oxygens (including phenoxy) is 1. The van der Waals surface area contributed by atoms with Crippen molar-refractivity contribution in [3.05, 3.63) is 64.7 Å². The molecule has 168 valence electrons. The minimum Gasteiger partial charge on any atom is -0.494 e. The van der Waals surface area contributed by atoms with Gasteiger partial charge in [-0.05, 0) is 56.0 Å². The van der Waals surface area contributed by atoms with Crippen LogP contribution in [0.5, 0.6) is 5.75 Å². The number of amides is 2. The standard InChI is InChI=1S/C25H33ClN2O3/c1-4-15-27-25(30)23(5-2)28(18-20-9-6-8-19(3)17-20)24(29)10-7-16-31-22-13-11-21(26)12-14-22/h6,8-9,11-14,17,23H,4-5,7,10,15-16,18H2,1-3H3,(H,27,30)/t23-/m1/s1. The van der Waals surface area contributed by atoms with Crippen molar-refractivity contribution in [2.75, 3.05) is 13.2 Å². The Labute approximate surface area is 190 Å². The molecule has 0 heterocycles. The van der Waals surface area contributed by atoms with Gasteiger partial charge in [-0.2, -0.15) is 0 Å². The molecule has 0 aliphatic carbocycles. The number of nitrogens with one attached hydrogen (secondary N) is 1. The summed E-state index contributed by atoms with van der Waals surface area (Å²) < 4.78 is 5.70. The van der Waals surface area contributed by atoms with E-state index in [1.54, 1.807) is 29.2 Å². The summed E-state index contributed by atoms with van der Waals surface area (Å²) in [6, 6.07) is 14.7. The highest BCUT2D eigenvalue weighted by atomic mass is 35.5. The number of halogens is 1. The number of carbonyl (C=O) groups excluding carboxylic acids is 2. The van der Waals surface area contributed by atoms with Gasteiger partial charge in [0.25, 0.3) is 0 Å². The molecule has 2 amide bonds. The summed E-state index contributed by atoms with van der Waals surface area (Å²) in [5, 5.41) is 3.59. The van der Waals surface area contributed by atoms with E-state index in [4.69, 9.17) is 16.3 Å². The van der Waals surface area contributed by atoms with Crippen molar-refractivity contribution in [1.29, 1.82) is 0 Å². The average Bonchev–Trinajstić information content (AvgIpc) is 2.76. The van der Waals surface area contributed by atoms with Crippen molar-refractivity contribution in [2.45, 2.75) is 59.0 Å². The van der Waals surface area contributed by atoms with Gasteiger partial charge in [0.2, 0.25) is 11.8 Å². The van der Waals surface area contributed by atoms with Crippen LogP contribution in [0.3, 0.4) is 0 Å². The Morgan fingerprint density at radius 1 is 1.13 bits per heavy atom. The maximum absolute atomic E-state index is 13.1. The van der Waals surface area contributed by atoms with Gasteiger partial charge in [-0.25, -0.2) is 0 Å². The Bertz CT molecular complexity index is 839. The Morgan fingerprint density at radius 3 is 2.52 bits per heavy atom. The Hall–Kier alpha value is -2.53. The molecule has 0 fully saturated rings. The van der Waals surface area contributed by atoms with Gasteiger partial charge < -0.3 is 15.0 Å². The predicted molar refractivity (Wildman–Crippen MR) is 125 cm³/mol. The molecule has 0 aromatic heterocycles. The maximum Gasteiger partial charge on any atom is 0.242 e. The van der Waals surface area contributed by atoms with Crippen LogP contribution in [0.4, 0.5) is 0 Å². The molecule has 0 radical (unpaired) electrons. The summed E-state index contributed by atoms with van der Waals surface area (Å²) in [6.45, 7) is 7.42. The molecule has 31 heavy (non-hydrogen) atoms. The largest absolute Gasteiger partial charge is 0.494 e. The topological polar surface area (TPSA) is 58.6 Å². The molecule has 0 spiro atoms. The highest BCUT2D eigenvalue weighted by Gasteiger charge is 2.28. The van der Waals surface area contributed by atoms with Crippen LogP contribution < -0.4 is 10.1 Å². The number of hydrogen-bond acceptors (Lipinski definition) is 3. The zero-order chi connectivity index (χ0) is 22.6. The quantitative estimate of drug-likeness (QED) is 0.461. The number of carbonyl (C=O) groups is 2. The number of hydrogen-bond donors (Lipinski definition) is 1. The molecule has 6 heteroatoms. The molecule has 0 unspecified atom stereocenters. The van der Waals surface area contributed by atoms with E-state index in [0.29, 0.717) is 44.0 Å². The second-order valence-corrected chi connectivity index (χ2v) is 8.07. The number of rotatable bonds is 12. The Balaban J connectivity index is 2.03. The van der Waals surface area contributed by atoms with Gasteiger partial charge in [0.15, 0.2) is 0 Å². The molecule has 0 aliphatic heterocycles. The summed E-state index contributed by atoms with van der Waals surface area (Å²) in [7, 11) is 0. The fourth-order valence-corrected chi connectivity index (χ4v) is 3.51. The van der Waals surface area contributed by atoms with Gasteiger partial charge in [-0.15, -0.1) is 0 Å². The second-order valence-electron chi connectivity index (χ2n) is 7.63. The summed E-state index contributed by atoms with van der Waals surface area (Å²) in [5.74, 6) is 0.585. The first-order valence-electron chi connectivity index (χ1n) is 11.0. The van der Waals surface area contributed by atoms with Gasteiger partial charge in [0.1, 0.15) is 11.8 Å². The van der Waals surface area contributed by atoms with Crippen molar-refractivity contribution < 1.29 is 14.3 Å². The molecule has 2 aromatic carbocycles. The van der Waals surface area contributed by atoms with Crippen LogP contribution in [0.25, 0.3) is 0 Å². The minimum absolute atomic E-state index is 0.0419. The van der Waals surface area contributed by atoms with Crippen LogP contribution in [0.2, 0.25) is 5.02 Å². The van der Waals surface area contributed by atoms with E-state index >= 15 is 0 Å². The van der Waals surface area contributed by atoms with Crippen molar-refractivity contribution in [2.24, 2.45) is 0 Å². The minimum atomic E-state index is -0.489. The lowest BCUT2D eigenvalue weighted by Gasteiger charge is -2.31. The first-order valence-corrected chi connectivity index (χ1v) is 11.3. The average molecular weight is 445 g/mol. The summed E-state index contributed by atoms with van der Waals surface area (Å²) in [4.78, 5) is 27.6. The second kappa shape index (κ2) is 13.0. The van der Waals surface area contributed by atoms with Crippen LogP contribution in [0, 0.1) is 6.92 Å². The highest BCUT2D eigenvalue weighted by Crippen LogP contribution is 2.17. The predicted octanol–water partition coefficient (Wildman–Crippen LogP) is 5.14. The summed E-state index contributed by atoms with van der Waals surface area (Å²) >= 11 is 5.89. The molecule has 0 saturated heterocycles. The lowest BCUT2D eigenvalue weighted by atomic mass is 10.1. The monoisotopic (exact) mass is 444 g/mol. The maximum atomic E-state index is 13.1. The molecule has 0 bridgehead atoms. The summed E-state index contributed by atoms with van der Waals surface area (Å²) in [5.41, 5.74) is 2.15. The van der Waals surface area contributed by atoms with Gasteiger partial charge in [0.05, 0.1) is 6.61 Å². The van der Waals surface area contributed by atoms with Crippen molar-refractivity contribution in [1.82, 2.24) is 10.2 Å². The molecule has 1 N–H and O–H groups in total. The van der Waals surface area contributed by atoms with E-state index in [9.17, 15) is 9.59 Å². The fraction of sp³-hybridized carbons (Fsp3) is 0.440. The summed E-state index contributed by atoms with van der Waals surface area (Å²) in [6.07, 6.45) is 2.31. The molecule has 0 saturated carbocycles. The zero-order valence-electron chi connectivity index (χ0n) is 18.7. The van der Waals surface area contributed by atoms with Crippen LogP contribution >= 0.6 is 11.6 Å². The molecule has 1 atom stereocenters. The lowest BCUT2D eigenvalue weighted by molar-refractivity contribution is -0.141. The number of aryl methyl sites for hydroxylation is 1. The van der Waals surface area contributed by atoms with Crippen LogP contribution in [0.1, 0.15) is 50.7 Å². The molecule has 0 aliphatic rings. The molecule has 2 aromatic rings.